The fourth-order valence-corrected chi connectivity index (χ4v) is 1.34. The van der Waals surface area contributed by atoms with Crippen LogP contribution in [0.1, 0.15) is 5.56 Å². The van der Waals surface area contributed by atoms with Gasteiger partial charge in [0, 0.05) is 17.0 Å². The van der Waals surface area contributed by atoms with Gasteiger partial charge in [0.2, 0.25) is 0 Å². The molecule has 0 radical (unpaired) electrons. The lowest BCUT2D eigenvalue weighted by atomic mass is 10.1. The molecule has 0 spiro atoms. The highest BCUT2D eigenvalue weighted by Crippen LogP contribution is 2.25. The molecule has 0 fully saturated rings. The minimum absolute atomic E-state index is 0.112. The van der Waals surface area contributed by atoms with E-state index in [1.807, 2.05) is 6.07 Å². The van der Waals surface area contributed by atoms with Gasteiger partial charge >= 0.3 is 0 Å². The van der Waals surface area contributed by atoms with Gasteiger partial charge in [-0.25, -0.2) is 4.98 Å². The molecule has 1 heterocycles. The minimum Gasteiger partial charge on any atom is -0.508 e. The van der Waals surface area contributed by atoms with Crippen LogP contribution in [0.3, 0.4) is 0 Å². The molecule has 14 heavy (non-hydrogen) atoms. The standard InChI is InChI=1S/C10H7N3O/c11-4-6-5-13-10(12)9-3-7(14)1-2-8(6)9/h1-3,5,14H,(H2,12,13). The highest BCUT2D eigenvalue weighted by molar-refractivity contribution is 5.95. The van der Waals surface area contributed by atoms with Gasteiger partial charge in [-0.1, -0.05) is 0 Å². The average molecular weight is 185 g/mol. The summed E-state index contributed by atoms with van der Waals surface area (Å²) in [6.45, 7) is 0. The molecule has 0 aliphatic heterocycles. The van der Waals surface area contributed by atoms with Crippen LogP contribution in [0.5, 0.6) is 5.75 Å². The number of anilines is 1. The monoisotopic (exact) mass is 185 g/mol. The Morgan fingerprint density at radius 1 is 1.36 bits per heavy atom. The Kier molecular flexibility index (Phi) is 1.72. The first-order valence-electron chi connectivity index (χ1n) is 3.99. The van der Waals surface area contributed by atoms with Crippen molar-refractivity contribution in [1.29, 1.82) is 5.26 Å². The predicted molar refractivity (Wildman–Crippen MR) is 52.5 cm³/mol. The van der Waals surface area contributed by atoms with Crippen LogP contribution in [-0.4, -0.2) is 10.1 Å². The Hall–Kier alpha value is -2.28. The summed E-state index contributed by atoms with van der Waals surface area (Å²) in [6.07, 6.45) is 1.43. The fourth-order valence-electron chi connectivity index (χ4n) is 1.34. The number of nitrogens with two attached hydrogens (primary N) is 1. The number of hydrogen-bond donors (Lipinski definition) is 2. The van der Waals surface area contributed by atoms with E-state index >= 15 is 0 Å². The van der Waals surface area contributed by atoms with Crippen LogP contribution in [0, 0.1) is 11.3 Å². The van der Waals surface area contributed by atoms with Crippen molar-refractivity contribution >= 4 is 16.6 Å². The largest absolute Gasteiger partial charge is 0.508 e. The third-order valence-electron chi connectivity index (χ3n) is 2.02. The molecular formula is C10H7N3O. The summed E-state index contributed by atoms with van der Waals surface area (Å²) in [4.78, 5) is 3.86. The van der Waals surface area contributed by atoms with Gasteiger partial charge in [0.05, 0.1) is 5.56 Å². The Bertz CT molecular complexity index is 543. The van der Waals surface area contributed by atoms with Gasteiger partial charge in [-0.3, -0.25) is 0 Å². The molecule has 0 saturated carbocycles. The number of nitrogen functional groups attached to an aromatic ring is 1. The molecule has 1 aromatic carbocycles. The van der Waals surface area contributed by atoms with E-state index in [1.165, 1.54) is 18.3 Å². The van der Waals surface area contributed by atoms with Crippen molar-refractivity contribution < 1.29 is 5.11 Å². The van der Waals surface area contributed by atoms with Crippen molar-refractivity contribution in [2.45, 2.75) is 0 Å². The molecule has 1 aromatic heterocycles. The number of benzene rings is 1. The molecule has 3 N–H and O–H groups in total. The number of nitrogens with zero attached hydrogens (tertiary/aromatic N) is 2. The summed E-state index contributed by atoms with van der Waals surface area (Å²) >= 11 is 0. The molecule has 0 aliphatic carbocycles. The highest BCUT2D eigenvalue weighted by atomic mass is 16.3. The molecule has 4 heteroatoms. The summed E-state index contributed by atoms with van der Waals surface area (Å²) in [6, 6.07) is 6.69. The second-order valence-corrected chi connectivity index (χ2v) is 2.90. The lowest BCUT2D eigenvalue weighted by molar-refractivity contribution is 0.476. The minimum atomic E-state index is 0.112. The zero-order valence-corrected chi connectivity index (χ0v) is 7.23. The first-order chi connectivity index (χ1) is 6.72. The van der Waals surface area contributed by atoms with Crippen LogP contribution >= 0.6 is 0 Å². The van der Waals surface area contributed by atoms with Crippen LogP contribution in [-0.2, 0) is 0 Å². The van der Waals surface area contributed by atoms with Crippen LogP contribution in [0.25, 0.3) is 10.8 Å². The maximum Gasteiger partial charge on any atom is 0.131 e. The van der Waals surface area contributed by atoms with Crippen molar-refractivity contribution in [2.24, 2.45) is 0 Å². The molecular weight excluding hydrogens is 178 g/mol. The van der Waals surface area contributed by atoms with E-state index in [4.69, 9.17) is 11.0 Å². The van der Waals surface area contributed by atoms with Crippen molar-refractivity contribution in [2.75, 3.05) is 5.73 Å². The average Bonchev–Trinajstić information content (AvgIpc) is 2.19. The maximum absolute atomic E-state index is 9.25. The second kappa shape index (κ2) is 2.89. The van der Waals surface area contributed by atoms with Crippen LogP contribution < -0.4 is 5.73 Å². The number of rotatable bonds is 0. The van der Waals surface area contributed by atoms with Gasteiger partial charge in [0.15, 0.2) is 0 Å². The Morgan fingerprint density at radius 2 is 2.14 bits per heavy atom. The van der Waals surface area contributed by atoms with E-state index in [0.717, 1.165) is 0 Å². The van der Waals surface area contributed by atoms with Crippen LogP contribution in [0.4, 0.5) is 5.82 Å². The first-order valence-corrected chi connectivity index (χ1v) is 3.99. The van der Waals surface area contributed by atoms with E-state index in [0.29, 0.717) is 22.2 Å². The van der Waals surface area contributed by atoms with Gasteiger partial charge < -0.3 is 10.8 Å². The molecule has 0 bridgehead atoms. The number of phenolic OH excluding ortho intramolecular Hbond substituents is 1. The van der Waals surface area contributed by atoms with Crippen molar-refractivity contribution in [3.8, 4) is 11.8 Å². The lowest BCUT2D eigenvalue weighted by Crippen LogP contribution is -1.93. The summed E-state index contributed by atoms with van der Waals surface area (Å²) in [5.74, 6) is 0.427. The molecule has 0 aliphatic rings. The number of nitriles is 1. The summed E-state index contributed by atoms with van der Waals surface area (Å²) in [7, 11) is 0. The Balaban J connectivity index is 2.93. The highest BCUT2D eigenvalue weighted by Gasteiger charge is 2.05. The van der Waals surface area contributed by atoms with E-state index in [2.05, 4.69) is 4.98 Å². The molecule has 4 nitrogen and oxygen atoms in total. The molecule has 68 valence electrons. The number of phenols is 1. The third-order valence-corrected chi connectivity index (χ3v) is 2.02. The van der Waals surface area contributed by atoms with Gasteiger partial charge in [-0.2, -0.15) is 5.26 Å². The molecule has 2 rings (SSSR count). The number of pyridine rings is 1. The molecule has 0 atom stereocenters. The smallest absolute Gasteiger partial charge is 0.131 e. The molecule has 0 saturated heterocycles. The quantitative estimate of drug-likeness (QED) is 0.649. The molecule has 0 amide bonds. The summed E-state index contributed by atoms with van der Waals surface area (Å²) in [5.41, 5.74) is 6.07. The van der Waals surface area contributed by atoms with Crippen LogP contribution in [0.2, 0.25) is 0 Å². The van der Waals surface area contributed by atoms with E-state index in [1.54, 1.807) is 6.07 Å². The Morgan fingerprint density at radius 3 is 2.86 bits per heavy atom. The number of hydrogen-bond acceptors (Lipinski definition) is 4. The fraction of sp³-hybridized carbons (Fsp3) is 0. The summed E-state index contributed by atoms with van der Waals surface area (Å²) in [5, 5.41) is 19.4. The van der Waals surface area contributed by atoms with Gasteiger partial charge in [0.25, 0.3) is 0 Å². The summed E-state index contributed by atoms with van der Waals surface area (Å²) < 4.78 is 0. The van der Waals surface area contributed by atoms with Gasteiger partial charge in [-0.05, 0) is 18.2 Å². The number of aromatic hydroxyl groups is 1. The van der Waals surface area contributed by atoms with E-state index < -0.39 is 0 Å². The lowest BCUT2D eigenvalue weighted by Gasteiger charge is -2.02. The number of fused-ring (bicyclic) bond motifs is 1. The van der Waals surface area contributed by atoms with Crippen molar-refractivity contribution in [3.05, 3.63) is 30.0 Å². The Labute approximate surface area is 80.2 Å². The zero-order valence-electron chi connectivity index (χ0n) is 7.23. The van der Waals surface area contributed by atoms with Gasteiger partial charge in [0.1, 0.15) is 17.6 Å². The SMILES string of the molecule is N#Cc1cnc(N)c2cc(O)ccc12. The topological polar surface area (TPSA) is 82.9 Å². The number of aromatic nitrogens is 1. The van der Waals surface area contributed by atoms with Crippen molar-refractivity contribution in [3.63, 3.8) is 0 Å². The molecule has 2 aromatic rings. The van der Waals surface area contributed by atoms with Gasteiger partial charge in [-0.15, -0.1) is 0 Å². The zero-order chi connectivity index (χ0) is 10.1. The maximum atomic E-state index is 9.25. The third kappa shape index (κ3) is 1.12. The van der Waals surface area contributed by atoms with E-state index in [-0.39, 0.29) is 5.75 Å². The van der Waals surface area contributed by atoms with Crippen LogP contribution in [0.15, 0.2) is 24.4 Å². The first kappa shape index (κ1) is 8.32. The predicted octanol–water partition coefficient (Wildman–Crippen LogP) is 1.39. The normalized spacial score (nSPS) is 9.93. The second-order valence-electron chi connectivity index (χ2n) is 2.90. The van der Waals surface area contributed by atoms with E-state index in [9.17, 15) is 5.11 Å². The van der Waals surface area contributed by atoms with Crippen molar-refractivity contribution in [1.82, 2.24) is 4.98 Å². The molecule has 0 unspecified atom stereocenters.